The van der Waals surface area contributed by atoms with Gasteiger partial charge in [-0.3, -0.25) is 20.2 Å². The lowest BCUT2D eigenvalue weighted by Crippen LogP contribution is -2.28. The minimum atomic E-state index is -4.15. The molecule has 0 N–H and O–H groups in total. The van der Waals surface area contributed by atoms with Gasteiger partial charge in [0.1, 0.15) is 0 Å². The second-order valence-corrected chi connectivity index (χ2v) is 6.35. The Kier molecular flexibility index (Phi) is 4.85. The summed E-state index contributed by atoms with van der Waals surface area (Å²) in [6.45, 7) is 0. The number of sulfonamides is 1. The predicted octanol–water partition coefficient (Wildman–Crippen LogP) is 2.53. The van der Waals surface area contributed by atoms with Gasteiger partial charge in [0.05, 0.1) is 20.4 Å². The van der Waals surface area contributed by atoms with Crippen LogP contribution in [0.15, 0.2) is 53.4 Å². The van der Waals surface area contributed by atoms with E-state index >= 15 is 0 Å². The molecule has 0 saturated carbocycles. The average molecular weight is 366 g/mol. The summed E-state index contributed by atoms with van der Waals surface area (Å²) in [5.41, 5.74) is 1.64. The highest BCUT2D eigenvalue weighted by Crippen LogP contribution is 2.25. The highest BCUT2D eigenvalue weighted by atomic mass is 32.2. The number of hydrogen-bond donors (Lipinski definition) is 0. The fraction of sp³-hybridized carbons (Fsp3) is 0. The van der Waals surface area contributed by atoms with E-state index in [1.54, 1.807) is 0 Å². The van der Waals surface area contributed by atoms with E-state index in [0.717, 1.165) is 36.4 Å². The fourth-order valence-electron chi connectivity index (χ4n) is 1.80. The van der Waals surface area contributed by atoms with E-state index in [0.29, 0.717) is 4.31 Å². The molecule has 0 unspecified atom stereocenters. The Morgan fingerprint density at radius 2 is 1.29 bits per heavy atom. The van der Waals surface area contributed by atoms with Gasteiger partial charge in [-0.25, -0.2) is 12.7 Å². The molecule has 2 aromatic rings. The Balaban J connectivity index is 2.42. The molecule has 0 aromatic heterocycles. The first-order valence-electron chi connectivity index (χ1n) is 6.19. The maximum Gasteiger partial charge on any atom is 0.269 e. The van der Waals surface area contributed by atoms with Crippen molar-refractivity contribution < 1.29 is 18.3 Å². The number of nitrogens with zero attached hydrogens (tertiary/aromatic N) is 3. The van der Waals surface area contributed by atoms with E-state index in [-0.39, 0.29) is 22.0 Å². The number of hydrogen-bond acceptors (Lipinski definition) is 7. The molecule has 9 nitrogen and oxygen atoms in total. The Hall–Kier alpha value is -2.92. The van der Waals surface area contributed by atoms with Gasteiger partial charge in [-0.05, 0) is 24.3 Å². The summed E-state index contributed by atoms with van der Waals surface area (Å²) in [6, 6.07) is 8.90. The van der Waals surface area contributed by atoms with Gasteiger partial charge >= 0.3 is 0 Å². The number of nitro benzene ring substituents is 2. The smallest absolute Gasteiger partial charge is 0.258 e. The van der Waals surface area contributed by atoms with Gasteiger partial charge in [0.2, 0.25) is 0 Å². The molecule has 0 fully saturated rings. The molecular formula is C13H8N3O6S2. The highest BCUT2D eigenvalue weighted by Gasteiger charge is 2.25. The normalized spacial score (nSPS) is 10.8. The summed E-state index contributed by atoms with van der Waals surface area (Å²) in [6.07, 6.45) is 0. The molecule has 0 aliphatic carbocycles. The van der Waals surface area contributed by atoms with Gasteiger partial charge in [-0.2, -0.15) is 0 Å². The van der Waals surface area contributed by atoms with E-state index in [2.05, 4.69) is 17.7 Å². The average Bonchev–Trinajstić information content (AvgIpc) is 2.55. The van der Waals surface area contributed by atoms with Gasteiger partial charge in [-0.1, -0.05) is 12.2 Å². The summed E-state index contributed by atoms with van der Waals surface area (Å²) in [5, 5.41) is 21.3. The predicted molar refractivity (Wildman–Crippen MR) is 88.5 cm³/mol. The Morgan fingerprint density at radius 1 is 0.875 bits per heavy atom. The van der Waals surface area contributed by atoms with Gasteiger partial charge in [0, 0.05) is 24.3 Å². The van der Waals surface area contributed by atoms with Crippen LogP contribution >= 0.6 is 12.2 Å². The van der Waals surface area contributed by atoms with Crippen molar-refractivity contribution in [3.63, 3.8) is 0 Å². The number of benzene rings is 2. The van der Waals surface area contributed by atoms with Crippen LogP contribution < -0.4 is 4.31 Å². The van der Waals surface area contributed by atoms with Crippen LogP contribution in [0, 0.1) is 20.2 Å². The number of non-ortho nitro benzene ring substituents is 2. The van der Waals surface area contributed by atoms with Crippen LogP contribution in [0.2, 0.25) is 0 Å². The summed E-state index contributed by atoms with van der Waals surface area (Å²) in [5.74, 6) is 0. The first kappa shape index (κ1) is 17.4. The molecule has 123 valence electrons. The summed E-state index contributed by atoms with van der Waals surface area (Å²) in [7, 11) is -4.15. The van der Waals surface area contributed by atoms with Gasteiger partial charge in [-0.15, -0.1) is 0 Å². The van der Waals surface area contributed by atoms with Crippen LogP contribution in [-0.2, 0) is 10.0 Å². The first-order valence-corrected chi connectivity index (χ1v) is 8.04. The van der Waals surface area contributed by atoms with E-state index in [1.807, 2.05) is 0 Å². The molecule has 1 radical (unpaired) electrons. The topological polar surface area (TPSA) is 124 Å². The van der Waals surface area contributed by atoms with Crippen molar-refractivity contribution in [3.05, 3.63) is 68.8 Å². The third kappa shape index (κ3) is 3.36. The lowest BCUT2D eigenvalue weighted by molar-refractivity contribution is -0.385. The molecule has 0 bridgehead atoms. The van der Waals surface area contributed by atoms with Gasteiger partial charge < -0.3 is 0 Å². The third-order valence-corrected chi connectivity index (χ3v) is 4.91. The summed E-state index contributed by atoms with van der Waals surface area (Å²) in [4.78, 5) is 19.7. The zero-order valence-corrected chi connectivity index (χ0v) is 13.4. The molecular weight excluding hydrogens is 358 g/mol. The minimum Gasteiger partial charge on any atom is -0.258 e. The number of thiocarbonyl (C=S) groups is 1. The number of nitro groups is 2. The molecule has 0 saturated heterocycles. The standard InChI is InChI=1S/C13H8N3O6S2/c17-15(18)11-3-1-10(2-4-11)14(9-23)24(21,22)13-7-5-12(6-8-13)16(19)20/h1-8H. The molecule has 11 heteroatoms. The second-order valence-electron chi connectivity index (χ2n) is 4.39. The minimum absolute atomic E-state index is 0.0500. The highest BCUT2D eigenvalue weighted by molar-refractivity contribution is 7.95. The Labute approximate surface area is 141 Å². The van der Waals surface area contributed by atoms with Gasteiger partial charge in [0.25, 0.3) is 21.4 Å². The van der Waals surface area contributed by atoms with Crippen molar-refractivity contribution in [2.24, 2.45) is 0 Å². The monoisotopic (exact) mass is 366 g/mol. The SMILES string of the molecule is O=[N+]([O-])c1ccc(N([C]=S)S(=O)(=O)c2ccc([N+](=O)[O-])cc2)cc1. The van der Waals surface area contributed by atoms with Crippen LogP contribution in [0.3, 0.4) is 0 Å². The molecule has 24 heavy (non-hydrogen) atoms. The van der Waals surface area contributed by atoms with Crippen molar-refractivity contribution in [2.45, 2.75) is 4.90 Å². The molecule has 0 amide bonds. The van der Waals surface area contributed by atoms with Crippen molar-refractivity contribution in [3.8, 4) is 0 Å². The molecule has 0 aliphatic heterocycles. The van der Waals surface area contributed by atoms with Crippen molar-refractivity contribution in [2.75, 3.05) is 4.31 Å². The van der Waals surface area contributed by atoms with Crippen LogP contribution in [-0.4, -0.2) is 23.8 Å². The molecule has 0 atom stereocenters. The molecule has 0 spiro atoms. The largest absolute Gasteiger partial charge is 0.269 e. The van der Waals surface area contributed by atoms with Crippen molar-refractivity contribution in [1.29, 1.82) is 0 Å². The van der Waals surface area contributed by atoms with Crippen molar-refractivity contribution in [1.82, 2.24) is 0 Å². The lowest BCUT2D eigenvalue weighted by atomic mass is 10.3. The first-order chi connectivity index (χ1) is 11.3. The number of rotatable bonds is 6. The second kappa shape index (κ2) is 6.68. The van der Waals surface area contributed by atoms with Crippen LogP contribution in [0.1, 0.15) is 0 Å². The molecule has 2 rings (SSSR count). The zero-order chi connectivity index (χ0) is 17.9. The van der Waals surface area contributed by atoms with Crippen LogP contribution in [0.4, 0.5) is 17.1 Å². The third-order valence-electron chi connectivity index (χ3n) is 2.96. The Bertz CT molecular complexity index is 894. The van der Waals surface area contributed by atoms with Crippen molar-refractivity contribution >= 4 is 44.8 Å². The maximum atomic E-state index is 12.6. The fourth-order valence-corrected chi connectivity index (χ4v) is 3.38. The zero-order valence-electron chi connectivity index (χ0n) is 11.7. The number of anilines is 1. The lowest BCUT2D eigenvalue weighted by Gasteiger charge is -2.18. The summed E-state index contributed by atoms with van der Waals surface area (Å²) < 4.78 is 25.7. The molecule has 0 aliphatic rings. The summed E-state index contributed by atoms with van der Waals surface area (Å²) >= 11 is 4.61. The van der Waals surface area contributed by atoms with E-state index in [4.69, 9.17) is 0 Å². The quantitative estimate of drug-likeness (QED) is 0.333. The van der Waals surface area contributed by atoms with E-state index in [1.165, 1.54) is 12.1 Å². The maximum absolute atomic E-state index is 12.6. The Morgan fingerprint density at radius 3 is 1.67 bits per heavy atom. The molecule has 0 heterocycles. The van der Waals surface area contributed by atoms with Crippen LogP contribution in [0.25, 0.3) is 0 Å². The van der Waals surface area contributed by atoms with E-state index in [9.17, 15) is 28.6 Å². The van der Waals surface area contributed by atoms with Crippen LogP contribution in [0.5, 0.6) is 0 Å². The van der Waals surface area contributed by atoms with E-state index < -0.39 is 19.9 Å². The van der Waals surface area contributed by atoms with Gasteiger partial charge in [0.15, 0.2) is 5.49 Å². The molecule has 2 aromatic carbocycles.